The number of aliphatic hydroxyl groups is 1. The molecule has 0 saturated carbocycles. The van der Waals surface area contributed by atoms with E-state index in [1.54, 1.807) is 14.2 Å². The summed E-state index contributed by atoms with van der Waals surface area (Å²) >= 11 is 0. The minimum atomic E-state index is -1.59. The molecule has 2 saturated heterocycles. The number of hydrogen-bond acceptors (Lipinski definition) is 27. The van der Waals surface area contributed by atoms with Crippen molar-refractivity contribution in [1.82, 2.24) is 16.0 Å². The number of aliphatic hydroxyl groups excluding tert-OH is 1. The molecule has 0 unspecified atom stereocenters. The second-order valence-electron chi connectivity index (χ2n) is 22.7. The number of primary amides is 2. The highest BCUT2D eigenvalue weighted by Crippen LogP contribution is 2.42. The predicted molar refractivity (Wildman–Crippen MR) is 337 cm³/mol. The van der Waals surface area contributed by atoms with Gasteiger partial charge in [-0.3, -0.25) is 52.7 Å². The standard InChI is InChI=1S/C66H89N5O27/c1-38(72)88-34-53-61(95-42(5)76)59(93-40(3)74)50(30-55(67)79)64(97-53)90-36-57(81)69-25-13-12-16-52(71-58(82)37-91-65-51(31-56(68)80)60(94-41(4)75)62(96-43(6)77)54(98-65)35-89-39(2)73)63(83)70-26-27-86-28-29-87-32-47(78)33-92-66(44-14-10-9-11-15-44,45-17-21-48(84-7)22-18-45)46-19-23-49(85-8)24-20-46/h9-11,14-15,17-24,47,50-54,59-62,64-65,78H,12-13,16,25-37H2,1-8H3,(H2,67,79)(H2,68,80)(H,69,81)(H,70,83)(H,71,82)/t47-,50+,51+,52-,53+,54+,59+,60+,61-,62-,64+,65+/m0/s1. The van der Waals surface area contributed by atoms with Gasteiger partial charge in [-0.05, 0) is 60.2 Å². The lowest BCUT2D eigenvalue weighted by atomic mass is 9.80. The number of ether oxygens (including phenoxy) is 15. The Morgan fingerprint density at radius 2 is 0.969 bits per heavy atom. The normalized spacial score (nSPS) is 21.1. The summed E-state index contributed by atoms with van der Waals surface area (Å²) in [6, 6.07) is 23.1. The first kappa shape index (κ1) is 79.8. The molecule has 2 aliphatic heterocycles. The fourth-order valence-corrected chi connectivity index (χ4v) is 10.9. The smallest absolute Gasteiger partial charge is 0.303 e. The van der Waals surface area contributed by atoms with E-state index >= 15 is 0 Å². The fraction of sp³-hybridized carbons (Fsp3) is 0.561. The van der Waals surface area contributed by atoms with Gasteiger partial charge < -0.3 is 104 Å². The summed E-state index contributed by atoms with van der Waals surface area (Å²) in [7, 11) is 3.14. The SMILES string of the molecule is COc1ccc(C(OC[C@@H](O)COCCOCCNC(=O)[C@H](CCCCNC(=O)CO[C@@H]2O[C@H](COC(C)=O)[C@H](OC(C)=O)[C@H](OC(C)=O)[C@H]2CC(N)=O)NC(=O)CO[C@@H]2O[C@H](COC(C)=O)[C@H](OC(C)=O)[C@H](OC(C)=O)[C@H]2CC(N)=O)(c2ccccc2)c2ccc(OC)cc2)cc1. The topological polar surface area (TPSA) is 435 Å². The van der Waals surface area contributed by atoms with Gasteiger partial charge in [0, 0.05) is 67.5 Å². The van der Waals surface area contributed by atoms with Gasteiger partial charge in [0.05, 0.1) is 59.1 Å². The van der Waals surface area contributed by atoms with E-state index in [1.165, 1.54) is 0 Å². The van der Waals surface area contributed by atoms with Gasteiger partial charge in [-0.15, -0.1) is 0 Å². The fourth-order valence-electron chi connectivity index (χ4n) is 10.9. The monoisotopic (exact) mass is 1380 g/mol. The number of unbranched alkanes of at least 4 members (excludes halogenated alkanes) is 1. The summed E-state index contributed by atoms with van der Waals surface area (Å²) < 4.78 is 84.8. The van der Waals surface area contributed by atoms with Crippen LogP contribution in [0.4, 0.5) is 0 Å². The van der Waals surface area contributed by atoms with Gasteiger partial charge in [0.25, 0.3) is 0 Å². The molecule has 2 fully saturated rings. The van der Waals surface area contributed by atoms with Gasteiger partial charge in [0.1, 0.15) is 80.1 Å². The zero-order chi connectivity index (χ0) is 71.9. The highest BCUT2D eigenvalue weighted by molar-refractivity contribution is 5.88. The van der Waals surface area contributed by atoms with Gasteiger partial charge in [-0.25, -0.2) is 0 Å². The molecule has 540 valence electrons. The molecule has 5 rings (SSSR count). The van der Waals surface area contributed by atoms with Crippen molar-refractivity contribution < 1.29 is 129 Å². The average molecular weight is 1380 g/mol. The minimum Gasteiger partial charge on any atom is -0.497 e. The Balaban J connectivity index is 1.22. The molecule has 5 amide bonds. The Labute approximate surface area is 566 Å². The number of amides is 5. The number of rotatable bonds is 41. The third kappa shape index (κ3) is 25.8. The van der Waals surface area contributed by atoms with Crippen LogP contribution in [0.25, 0.3) is 0 Å². The first-order valence-corrected chi connectivity index (χ1v) is 31.5. The maximum absolute atomic E-state index is 13.9. The first-order valence-electron chi connectivity index (χ1n) is 31.5. The van der Waals surface area contributed by atoms with Crippen molar-refractivity contribution in [3.63, 3.8) is 0 Å². The van der Waals surface area contributed by atoms with Crippen molar-refractivity contribution in [2.45, 2.75) is 141 Å². The number of hydrogen-bond donors (Lipinski definition) is 6. The zero-order valence-corrected chi connectivity index (χ0v) is 56.0. The molecule has 3 aromatic rings. The van der Waals surface area contributed by atoms with Gasteiger partial charge in [0.2, 0.25) is 29.5 Å². The van der Waals surface area contributed by atoms with E-state index in [-0.39, 0.29) is 65.4 Å². The Morgan fingerprint density at radius 1 is 0.520 bits per heavy atom. The number of benzene rings is 3. The molecule has 2 heterocycles. The molecule has 0 aliphatic carbocycles. The number of carbonyl (C=O) groups is 11. The Hall–Kier alpha value is -8.89. The summed E-state index contributed by atoms with van der Waals surface area (Å²) in [6.07, 6.45) is -13.3. The van der Waals surface area contributed by atoms with Gasteiger partial charge in [-0.2, -0.15) is 0 Å². The maximum Gasteiger partial charge on any atom is 0.303 e. The van der Waals surface area contributed by atoms with Crippen molar-refractivity contribution in [3.8, 4) is 11.5 Å². The first-order chi connectivity index (χ1) is 46.7. The van der Waals surface area contributed by atoms with Gasteiger partial charge in [0.15, 0.2) is 24.8 Å². The van der Waals surface area contributed by atoms with Crippen LogP contribution in [-0.2, 0) is 120 Å². The van der Waals surface area contributed by atoms with Crippen LogP contribution in [-0.4, -0.2) is 219 Å². The number of carbonyl (C=O) groups excluding carboxylic acids is 11. The van der Waals surface area contributed by atoms with Crippen molar-refractivity contribution in [3.05, 3.63) is 95.6 Å². The Kier molecular flexibility index (Phi) is 33.2. The zero-order valence-electron chi connectivity index (χ0n) is 56.0. The van der Waals surface area contributed by atoms with E-state index in [4.69, 9.17) is 82.5 Å². The van der Waals surface area contributed by atoms with Crippen LogP contribution in [0, 0.1) is 11.8 Å². The number of methoxy groups -OCH3 is 2. The van der Waals surface area contributed by atoms with Crippen molar-refractivity contribution >= 4 is 65.4 Å². The Morgan fingerprint density at radius 3 is 1.42 bits per heavy atom. The summed E-state index contributed by atoms with van der Waals surface area (Å²) in [6.45, 7) is 3.51. The molecular formula is C66H89N5O27. The number of nitrogens with two attached hydrogens (primary N) is 2. The molecule has 98 heavy (non-hydrogen) atoms. The molecule has 0 bridgehead atoms. The Bertz CT molecular complexity index is 3060. The molecule has 32 heteroatoms. The van der Waals surface area contributed by atoms with Crippen LogP contribution >= 0.6 is 0 Å². The van der Waals surface area contributed by atoms with Crippen LogP contribution in [0.2, 0.25) is 0 Å². The lowest BCUT2D eigenvalue weighted by Crippen LogP contribution is -2.60. The van der Waals surface area contributed by atoms with E-state index < -0.39 is 183 Å². The predicted octanol–water partition coefficient (Wildman–Crippen LogP) is 0.613. The van der Waals surface area contributed by atoms with E-state index in [9.17, 15) is 57.8 Å². The second-order valence-corrected chi connectivity index (χ2v) is 22.7. The van der Waals surface area contributed by atoms with Crippen molar-refractivity contribution in [2.75, 3.05) is 86.8 Å². The second kappa shape index (κ2) is 40.7. The molecular weight excluding hydrogens is 1290 g/mol. The highest BCUT2D eigenvalue weighted by atomic mass is 16.7. The van der Waals surface area contributed by atoms with Crippen molar-refractivity contribution in [1.29, 1.82) is 0 Å². The van der Waals surface area contributed by atoms with E-state index in [2.05, 4.69) is 16.0 Å². The maximum atomic E-state index is 13.9. The highest BCUT2D eigenvalue weighted by Gasteiger charge is 2.53. The average Bonchev–Trinajstić information content (AvgIpc) is 0.765. The van der Waals surface area contributed by atoms with Crippen LogP contribution in [0.3, 0.4) is 0 Å². The van der Waals surface area contributed by atoms with E-state index in [0.717, 1.165) is 58.2 Å². The lowest BCUT2D eigenvalue weighted by Gasteiger charge is -2.44. The molecule has 0 spiro atoms. The molecule has 8 N–H and O–H groups in total. The van der Waals surface area contributed by atoms with Crippen LogP contribution < -0.4 is 36.9 Å². The lowest BCUT2D eigenvalue weighted by molar-refractivity contribution is -0.290. The molecule has 0 aromatic heterocycles. The summed E-state index contributed by atoms with van der Waals surface area (Å²) in [5.41, 5.74) is 12.2. The van der Waals surface area contributed by atoms with Crippen LogP contribution in [0.15, 0.2) is 78.9 Å². The van der Waals surface area contributed by atoms with Gasteiger partial charge >= 0.3 is 35.8 Å². The number of esters is 6. The van der Waals surface area contributed by atoms with Crippen LogP contribution in [0.5, 0.6) is 11.5 Å². The minimum absolute atomic E-state index is 0.0159. The third-order valence-electron chi connectivity index (χ3n) is 15.1. The molecule has 2 aliphatic rings. The van der Waals surface area contributed by atoms with Gasteiger partial charge in [-0.1, -0.05) is 54.6 Å². The summed E-state index contributed by atoms with van der Waals surface area (Å²) in [5, 5.41) is 19.2. The third-order valence-corrected chi connectivity index (χ3v) is 15.1. The summed E-state index contributed by atoms with van der Waals surface area (Å²) in [4.78, 5) is 138. The van der Waals surface area contributed by atoms with Crippen LogP contribution in [0.1, 0.15) is 90.3 Å². The summed E-state index contributed by atoms with van der Waals surface area (Å²) in [5.74, 6) is -10.2. The molecule has 3 aromatic carbocycles. The van der Waals surface area contributed by atoms with E-state index in [0.29, 0.717) is 11.5 Å². The molecule has 32 nitrogen and oxygen atoms in total. The molecule has 12 atom stereocenters. The number of nitrogens with one attached hydrogen (secondary N) is 3. The van der Waals surface area contributed by atoms with E-state index in [1.807, 2.05) is 78.9 Å². The largest absolute Gasteiger partial charge is 0.497 e. The van der Waals surface area contributed by atoms with Crippen molar-refractivity contribution in [2.24, 2.45) is 23.3 Å². The quantitative estimate of drug-likeness (QED) is 0.0196. The molecule has 0 radical (unpaired) electrons.